The molecule has 0 aromatic carbocycles. The van der Waals surface area contributed by atoms with Crippen molar-refractivity contribution in [1.29, 1.82) is 0 Å². The molecule has 0 aliphatic carbocycles. The molecule has 0 N–H and O–H groups in total. The van der Waals surface area contributed by atoms with Crippen LogP contribution in [0.5, 0.6) is 0 Å². The van der Waals surface area contributed by atoms with Crippen LogP contribution in [-0.2, 0) is 19.0 Å². The highest BCUT2D eigenvalue weighted by Gasteiger charge is 2.50. The highest BCUT2D eigenvalue weighted by atomic mass is 32.2. The first-order valence-corrected chi connectivity index (χ1v) is 7.36. The Hall–Kier alpha value is -1.45. The molecule has 1 atom stereocenters. The first-order chi connectivity index (χ1) is 9.24. The summed E-state index contributed by atoms with van der Waals surface area (Å²) in [5.74, 6) is -0.460. The van der Waals surface area contributed by atoms with Gasteiger partial charge in [0.05, 0.1) is 6.04 Å². The first kappa shape index (κ1) is 17.6. The highest BCUT2D eigenvalue weighted by Crippen LogP contribution is 2.30. The predicted octanol–water partition coefficient (Wildman–Crippen LogP) is 2.38. The number of amides is 1. The van der Waals surface area contributed by atoms with Crippen molar-refractivity contribution in [3.05, 3.63) is 11.8 Å². The Morgan fingerprint density at radius 2 is 1.86 bits per heavy atom. The molecule has 21 heavy (non-hydrogen) atoms. The van der Waals surface area contributed by atoms with Crippen molar-refractivity contribution < 1.29 is 35.3 Å². The number of hydrogen-bond donors (Lipinski definition) is 0. The van der Waals surface area contributed by atoms with Gasteiger partial charge in [0.2, 0.25) is 0 Å². The predicted molar refractivity (Wildman–Crippen MR) is 66.5 cm³/mol. The Balaban J connectivity index is 2.78. The van der Waals surface area contributed by atoms with E-state index in [1.807, 2.05) is 0 Å². The number of alkyl halides is 3. The van der Waals surface area contributed by atoms with Crippen LogP contribution in [0.15, 0.2) is 11.8 Å². The van der Waals surface area contributed by atoms with Crippen LogP contribution in [0.2, 0.25) is 0 Å². The minimum Gasteiger partial charge on any atom is -0.444 e. The van der Waals surface area contributed by atoms with Gasteiger partial charge in [0.15, 0.2) is 0 Å². The fourth-order valence-electron chi connectivity index (χ4n) is 1.50. The zero-order chi connectivity index (χ0) is 16.6. The number of hydrogen-bond acceptors (Lipinski definition) is 5. The largest absolute Gasteiger partial charge is 0.534 e. The molecular formula is C11H16F3NO5S. The molecule has 0 bridgehead atoms. The summed E-state index contributed by atoms with van der Waals surface area (Å²) in [6, 6.07) is -0.975. The Labute approximate surface area is 120 Å². The quantitative estimate of drug-likeness (QED) is 0.574. The molecule has 1 aliphatic rings. The van der Waals surface area contributed by atoms with Crippen LogP contribution < -0.4 is 0 Å². The molecule has 0 radical (unpaired) electrons. The van der Waals surface area contributed by atoms with Crippen molar-refractivity contribution in [2.45, 2.75) is 44.8 Å². The summed E-state index contributed by atoms with van der Waals surface area (Å²) in [5.41, 5.74) is -6.30. The summed E-state index contributed by atoms with van der Waals surface area (Å²) in [5, 5.41) is 0. The summed E-state index contributed by atoms with van der Waals surface area (Å²) < 4.78 is 67.7. The molecule has 1 unspecified atom stereocenters. The summed E-state index contributed by atoms with van der Waals surface area (Å²) in [4.78, 5) is 12.9. The second kappa shape index (κ2) is 5.39. The lowest BCUT2D eigenvalue weighted by atomic mass is 10.2. The minimum atomic E-state index is -5.75. The lowest BCUT2D eigenvalue weighted by Crippen LogP contribution is -2.40. The number of ether oxygens (including phenoxy) is 1. The molecule has 1 heterocycles. The van der Waals surface area contributed by atoms with Gasteiger partial charge >= 0.3 is 21.7 Å². The Morgan fingerprint density at radius 3 is 2.29 bits per heavy atom. The molecule has 0 spiro atoms. The Kier molecular flexibility index (Phi) is 4.52. The summed E-state index contributed by atoms with van der Waals surface area (Å²) in [6.45, 7) is 6.13. The molecule has 0 fully saturated rings. The van der Waals surface area contributed by atoms with Crippen LogP contribution in [0.3, 0.4) is 0 Å². The van der Waals surface area contributed by atoms with Crippen molar-refractivity contribution in [2.75, 3.05) is 6.54 Å². The number of rotatable bonds is 2. The highest BCUT2D eigenvalue weighted by molar-refractivity contribution is 7.87. The number of nitrogens with zero attached hydrogens (tertiary/aromatic N) is 1. The number of halogens is 3. The third kappa shape index (κ3) is 4.26. The van der Waals surface area contributed by atoms with E-state index < -0.39 is 39.1 Å². The van der Waals surface area contributed by atoms with E-state index >= 15 is 0 Å². The van der Waals surface area contributed by atoms with Gasteiger partial charge in [0, 0.05) is 6.54 Å². The van der Waals surface area contributed by atoms with E-state index in [4.69, 9.17) is 4.74 Å². The zero-order valence-corrected chi connectivity index (χ0v) is 12.7. The maximum Gasteiger partial charge on any atom is 0.534 e. The molecule has 1 amide bonds. The zero-order valence-electron chi connectivity index (χ0n) is 11.9. The summed E-state index contributed by atoms with van der Waals surface area (Å²) in [7, 11) is -5.75. The lowest BCUT2D eigenvalue weighted by molar-refractivity contribution is -0.0526. The van der Waals surface area contributed by atoms with Crippen molar-refractivity contribution >= 4 is 16.2 Å². The maximum atomic E-state index is 12.2. The SMILES string of the molecule is CC1C(OS(=O)(=O)C(F)(F)F)=CCN1C(=O)OC(C)(C)C. The lowest BCUT2D eigenvalue weighted by Gasteiger charge is -2.27. The Bertz CT molecular complexity index is 547. The first-order valence-electron chi connectivity index (χ1n) is 5.95. The van der Waals surface area contributed by atoms with E-state index in [0.29, 0.717) is 0 Å². The number of carbonyl (C=O) groups is 1. The van der Waals surface area contributed by atoms with Gasteiger partial charge in [0.25, 0.3) is 0 Å². The average molecular weight is 331 g/mol. The standard InChI is InChI=1S/C11H16F3NO5S/c1-7-8(20-21(17,18)11(12,13)14)5-6-15(7)9(16)19-10(2,3)4/h5,7H,6H2,1-4H3. The minimum absolute atomic E-state index is 0.0984. The van der Waals surface area contributed by atoms with Crippen LogP contribution in [0.4, 0.5) is 18.0 Å². The topological polar surface area (TPSA) is 72.9 Å². The van der Waals surface area contributed by atoms with Crippen molar-refractivity contribution in [2.24, 2.45) is 0 Å². The van der Waals surface area contributed by atoms with Gasteiger partial charge < -0.3 is 8.92 Å². The van der Waals surface area contributed by atoms with E-state index in [1.165, 1.54) is 6.92 Å². The second-order valence-corrected chi connectivity index (χ2v) is 6.94. The van der Waals surface area contributed by atoms with Crippen LogP contribution in [0.1, 0.15) is 27.7 Å². The molecule has 0 aromatic rings. The molecule has 1 aliphatic heterocycles. The fraction of sp³-hybridized carbons (Fsp3) is 0.727. The fourth-order valence-corrected chi connectivity index (χ4v) is 2.06. The van der Waals surface area contributed by atoms with Gasteiger partial charge in [-0.05, 0) is 33.8 Å². The molecule has 6 nitrogen and oxygen atoms in total. The van der Waals surface area contributed by atoms with Gasteiger partial charge in [-0.15, -0.1) is 0 Å². The molecule has 122 valence electrons. The van der Waals surface area contributed by atoms with Crippen LogP contribution >= 0.6 is 0 Å². The van der Waals surface area contributed by atoms with Crippen molar-refractivity contribution in [3.63, 3.8) is 0 Å². The van der Waals surface area contributed by atoms with Gasteiger partial charge in [-0.25, -0.2) is 4.79 Å². The third-order valence-electron chi connectivity index (χ3n) is 2.49. The monoisotopic (exact) mass is 331 g/mol. The van der Waals surface area contributed by atoms with E-state index in [9.17, 15) is 26.4 Å². The smallest absolute Gasteiger partial charge is 0.444 e. The Morgan fingerprint density at radius 1 is 1.33 bits per heavy atom. The number of carbonyl (C=O) groups excluding carboxylic acids is 1. The average Bonchev–Trinajstić information content (AvgIpc) is 2.55. The van der Waals surface area contributed by atoms with Gasteiger partial charge in [-0.1, -0.05) is 0 Å². The molecule has 0 saturated carbocycles. The maximum absolute atomic E-state index is 12.2. The van der Waals surface area contributed by atoms with Crippen molar-refractivity contribution in [3.8, 4) is 0 Å². The molecule has 0 saturated heterocycles. The molecule has 0 aromatic heterocycles. The summed E-state index contributed by atoms with van der Waals surface area (Å²) in [6.07, 6.45) is 0.326. The third-order valence-corrected chi connectivity index (χ3v) is 3.46. The summed E-state index contributed by atoms with van der Waals surface area (Å²) >= 11 is 0. The normalized spacial score (nSPS) is 20.2. The van der Waals surface area contributed by atoms with E-state index in [2.05, 4.69) is 4.18 Å². The van der Waals surface area contributed by atoms with Crippen LogP contribution in [0, 0.1) is 0 Å². The van der Waals surface area contributed by atoms with Gasteiger partial charge in [-0.2, -0.15) is 21.6 Å². The van der Waals surface area contributed by atoms with Gasteiger partial charge in [-0.3, -0.25) is 4.90 Å². The second-order valence-electron chi connectivity index (χ2n) is 5.40. The van der Waals surface area contributed by atoms with Crippen LogP contribution in [0.25, 0.3) is 0 Å². The molecule has 1 rings (SSSR count). The van der Waals surface area contributed by atoms with Crippen molar-refractivity contribution in [1.82, 2.24) is 4.90 Å². The molecule has 10 heteroatoms. The van der Waals surface area contributed by atoms with E-state index in [0.717, 1.165) is 11.0 Å². The van der Waals surface area contributed by atoms with E-state index in [-0.39, 0.29) is 6.54 Å². The van der Waals surface area contributed by atoms with Gasteiger partial charge in [0.1, 0.15) is 11.4 Å². The molecular weight excluding hydrogens is 315 g/mol. The van der Waals surface area contributed by atoms with Crippen LogP contribution in [-0.4, -0.2) is 43.1 Å². The van der Waals surface area contributed by atoms with E-state index in [1.54, 1.807) is 20.8 Å².